The maximum atomic E-state index is 5.71. The normalized spacial score (nSPS) is 20.1. The van der Waals surface area contributed by atoms with Crippen molar-refractivity contribution < 1.29 is 17.4 Å². The van der Waals surface area contributed by atoms with Crippen molar-refractivity contribution in [3.8, 4) is 0 Å². The fourth-order valence-electron chi connectivity index (χ4n) is 2.23. The number of nitrogens with zero attached hydrogens (tertiary/aromatic N) is 1. The molecule has 0 bridgehead atoms. The van der Waals surface area contributed by atoms with Crippen LogP contribution < -0.4 is 0 Å². The Labute approximate surface area is 123 Å². The first-order valence-electron chi connectivity index (χ1n) is 5.80. The van der Waals surface area contributed by atoms with Crippen LogP contribution in [0.4, 0.5) is 0 Å². The number of rotatable bonds is 3. The average molecular weight is 333 g/mol. The van der Waals surface area contributed by atoms with Crippen molar-refractivity contribution in [2.75, 3.05) is 0 Å². The number of halogens is 2. The van der Waals surface area contributed by atoms with Gasteiger partial charge in [-0.3, -0.25) is 0 Å². The SMILES string of the molecule is CCC1(CC)OC=N[C@@H]1c1ccccc1.[Cl][Ni][Cl]. The molecule has 0 saturated heterocycles. The van der Waals surface area contributed by atoms with Crippen molar-refractivity contribution in [2.45, 2.75) is 38.3 Å². The van der Waals surface area contributed by atoms with Crippen LogP contribution in [0.5, 0.6) is 0 Å². The molecule has 1 atom stereocenters. The summed E-state index contributed by atoms with van der Waals surface area (Å²) in [5.74, 6) is 0. The summed E-state index contributed by atoms with van der Waals surface area (Å²) in [5, 5.41) is 0. The Morgan fingerprint density at radius 3 is 2.28 bits per heavy atom. The molecule has 0 radical (unpaired) electrons. The van der Waals surface area contributed by atoms with Crippen LogP contribution in [0, 0.1) is 0 Å². The molecule has 0 aromatic heterocycles. The van der Waals surface area contributed by atoms with E-state index in [1.54, 1.807) is 6.40 Å². The first-order valence-corrected chi connectivity index (χ1v) is 8.52. The summed E-state index contributed by atoms with van der Waals surface area (Å²) >= 11 is 0.569. The van der Waals surface area contributed by atoms with Crippen LogP contribution in [-0.2, 0) is 17.4 Å². The van der Waals surface area contributed by atoms with Crippen molar-refractivity contribution >= 4 is 26.8 Å². The minimum atomic E-state index is -0.124. The van der Waals surface area contributed by atoms with Gasteiger partial charge in [-0.15, -0.1) is 0 Å². The van der Waals surface area contributed by atoms with Crippen LogP contribution in [0.2, 0.25) is 0 Å². The number of hydrogen-bond acceptors (Lipinski definition) is 2. The van der Waals surface area contributed by atoms with E-state index in [4.69, 9.17) is 25.1 Å². The molecular formula is C13H17Cl2NNiO. The van der Waals surface area contributed by atoms with E-state index in [2.05, 4.69) is 43.1 Å². The van der Waals surface area contributed by atoms with Gasteiger partial charge >= 0.3 is 33.0 Å². The molecule has 0 N–H and O–H groups in total. The summed E-state index contributed by atoms with van der Waals surface area (Å²) in [6, 6.07) is 10.5. The van der Waals surface area contributed by atoms with Crippen molar-refractivity contribution in [1.82, 2.24) is 0 Å². The zero-order chi connectivity index (χ0) is 13.4. The standard InChI is InChI=1S/C13H17NO.2ClH.Ni/c1-3-13(4-2)12(14-10-15-13)11-8-6-5-7-9-11;;;/h5-10,12H,3-4H2,1-2H3;2*1H;/q;;;+2/p-2/t12-;;;/m1.../s1. The van der Waals surface area contributed by atoms with Gasteiger partial charge in [0, 0.05) is 0 Å². The van der Waals surface area contributed by atoms with Gasteiger partial charge in [0.25, 0.3) is 0 Å². The monoisotopic (exact) mass is 331 g/mol. The third kappa shape index (κ3) is 3.63. The van der Waals surface area contributed by atoms with Gasteiger partial charge in [0.1, 0.15) is 11.6 Å². The van der Waals surface area contributed by atoms with Gasteiger partial charge in [-0.2, -0.15) is 0 Å². The molecule has 104 valence electrons. The van der Waals surface area contributed by atoms with Crippen LogP contribution in [0.25, 0.3) is 0 Å². The fraction of sp³-hybridized carbons (Fsp3) is 0.462. The summed E-state index contributed by atoms with van der Waals surface area (Å²) in [6.07, 6.45) is 3.59. The molecule has 1 aliphatic heterocycles. The molecule has 0 unspecified atom stereocenters. The van der Waals surface area contributed by atoms with E-state index < -0.39 is 0 Å². The average Bonchev–Trinajstić information content (AvgIpc) is 2.85. The molecule has 1 aliphatic rings. The van der Waals surface area contributed by atoms with Gasteiger partial charge < -0.3 is 4.74 Å². The van der Waals surface area contributed by atoms with E-state index in [1.807, 2.05) is 6.07 Å². The van der Waals surface area contributed by atoms with Gasteiger partial charge in [0.2, 0.25) is 0 Å². The Morgan fingerprint density at radius 2 is 1.78 bits per heavy atom. The molecule has 1 aromatic carbocycles. The Morgan fingerprint density at radius 1 is 1.22 bits per heavy atom. The Balaban J connectivity index is 0.000000492. The second kappa shape index (κ2) is 8.04. The quantitative estimate of drug-likeness (QED) is 0.734. The number of ether oxygens (including phenoxy) is 1. The molecule has 0 aliphatic carbocycles. The van der Waals surface area contributed by atoms with E-state index in [9.17, 15) is 0 Å². The van der Waals surface area contributed by atoms with E-state index >= 15 is 0 Å². The van der Waals surface area contributed by atoms with Gasteiger partial charge in [-0.1, -0.05) is 44.2 Å². The summed E-state index contributed by atoms with van der Waals surface area (Å²) < 4.78 is 5.71. The summed E-state index contributed by atoms with van der Waals surface area (Å²) in [4.78, 5) is 4.45. The Bertz CT molecular complexity index is 369. The zero-order valence-corrected chi connectivity index (χ0v) is 12.9. The Hall–Kier alpha value is -0.236. The summed E-state index contributed by atoms with van der Waals surface area (Å²) in [5.41, 5.74) is 1.12. The molecule has 5 heteroatoms. The molecule has 0 fully saturated rings. The molecule has 1 aromatic rings. The van der Waals surface area contributed by atoms with Crippen molar-refractivity contribution in [2.24, 2.45) is 4.99 Å². The summed E-state index contributed by atoms with van der Waals surface area (Å²) in [7, 11) is 9.40. The summed E-state index contributed by atoms with van der Waals surface area (Å²) in [6.45, 7) is 4.32. The van der Waals surface area contributed by atoms with E-state index in [0.717, 1.165) is 12.8 Å². The van der Waals surface area contributed by atoms with Crippen molar-refractivity contribution in [3.05, 3.63) is 35.9 Å². The van der Waals surface area contributed by atoms with Crippen LogP contribution in [0.1, 0.15) is 38.3 Å². The van der Waals surface area contributed by atoms with E-state index in [0.29, 0.717) is 12.7 Å². The van der Waals surface area contributed by atoms with Crippen LogP contribution in [-0.4, -0.2) is 12.0 Å². The van der Waals surface area contributed by atoms with Gasteiger partial charge in [-0.05, 0) is 18.4 Å². The first-order chi connectivity index (χ1) is 8.74. The molecular weight excluding hydrogens is 316 g/mol. The van der Waals surface area contributed by atoms with Crippen LogP contribution in [0.3, 0.4) is 0 Å². The van der Waals surface area contributed by atoms with Crippen LogP contribution in [0.15, 0.2) is 35.3 Å². The molecule has 18 heavy (non-hydrogen) atoms. The predicted molar refractivity (Wildman–Crippen MR) is 73.8 cm³/mol. The fourth-order valence-corrected chi connectivity index (χ4v) is 2.23. The molecule has 2 nitrogen and oxygen atoms in total. The van der Waals surface area contributed by atoms with E-state index in [-0.39, 0.29) is 11.6 Å². The van der Waals surface area contributed by atoms with Crippen molar-refractivity contribution in [1.29, 1.82) is 0 Å². The Kier molecular flexibility index (Phi) is 7.07. The van der Waals surface area contributed by atoms with E-state index in [1.165, 1.54) is 5.56 Å². The molecule has 1 heterocycles. The van der Waals surface area contributed by atoms with Gasteiger partial charge in [0.15, 0.2) is 6.40 Å². The van der Waals surface area contributed by atoms with Gasteiger partial charge in [0.05, 0.1) is 0 Å². The third-order valence-corrected chi connectivity index (χ3v) is 3.31. The molecule has 0 amide bonds. The number of benzene rings is 1. The maximum absolute atomic E-state index is 5.71. The molecule has 0 spiro atoms. The molecule has 2 rings (SSSR count). The second-order valence-corrected chi connectivity index (χ2v) is 5.63. The van der Waals surface area contributed by atoms with Crippen LogP contribution >= 0.6 is 20.4 Å². The van der Waals surface area contributed by atoms with Gasteiger partial charge in [-0.25, -0.2) is 4.99 Å². The third-order valence-electron chi connectivity index (χ3n) is 3.31. The molecule has 0 saturated carbocycles. The number of hydrogen-bond donors (Lipinski definition) is 0. The number of aliphatic imine (C=N–C) groups is 1. The second-order valence-electron chi connectivity index (χ2n) is 4.00. The van der Waals surface area contributed by atoms with Crippen molar-refractivity contribution in [3.63, 3.8) is 0 Å². The topological polar surface area (TPSA) is 21.6 Å². The predicted octanol–water partition coefficient (Wildman–Crippen LogP) is 4.72. The minimum absolute atomic E-state index is 0.124. The zero-order valence-electron chi connectivity index (χ0n) is 10.4. The first kappa shape index (κ1) is 15.8.